The average Bonchev–Trinajstić information content (AvgIpc) is 2.72. The summed E-state index contributed by atoms with van der Waals surface area (Å²) in [5.74, 6) is 0.998. The zero-order valence-electron chi connectivity index (χ0n) is 8.20. The van der Waals surface area contributed by atoms with Crippen LogP contribution in [0.1, 0.15) is 19.3 Å². The van der Waals surface area contributed by atoms with Crippen molar-refractivity contribution in [2.75, 3.05) is 24.6 Å². The standard InChI is InChI=1S/C9H16N2O2S/c10-9(11-4-1-2-5-11)8-3-6-14(12,13)7-8/h8,10H,1-7H2. The average molecular weight is 216 g/mol. The number of nitrogens with zero attached hydrogens (tertiary/aromatic N) is 1. The lowest BCUT2D eigenvalue weighted by molar-refractivity contribution is 0.478. The molecule has 0 aliphatic carbocycles. The summed E-state index contributed by atoms with van der Waals surface area (Å²) in [4.78, 5) is 2.03. The highest BCUT2D eigenvalue weighted by Gasteiger charge is 2.33. The van der Waals surface area contributed by atoms with E-state index in [9.17, 15) is 8.42 Å². The van der Waals surface area contributed by atoms with Gasteiger partial charge < -0.3 is 4.90 Å². The van der Waals surface area contributed by atoms with Crippen molar-refractivity contribution < 1.29 is 8.42 Å². The highest BCUT2D eigenvalue weighted by molar-refractivity contribution is 7.91. The fourth-order valence-corrected chi connectivity index (χ4v) is 3.97. The van der Waals surface area contributed by atoms with Gasteiger partial charge in [0.15, 0.2) is 9.84 Å². The number of amidine groups is 1. The summed E-state index contributed by atoms with van der Waals surface area (Å²) < 4.78 is 22.5. The zero-order valence-corrected chi connectivity index (χ0v) is 9.02. The van der Waals surface area contributed by atoms with Crippen LogP contribution in [0.15, 0.2) is 0 Å². The molecule has 2 aliphatic rings. The number of rotatable bonds is 1. The molecule has 0 spiro atoms. The Bertz CT molecular complexity index is 331. The summed E-state index contributed by atoms with van der Waals surface area (Å²) >= 11 is 0. The smallest absolute Gasteiger partial charge is 0.151 e. The minimum absolute atomic E-state index is 0.0295. The zero-order chi connectivity index (χ0) is 10.2. The molecule has 1 unspecified atom stereocenters. The van der Waals surface area contributed by atoms with Crippen LogP contribution in [0.2, 0.25) is 0 Å². The molecule has 2 aliphatic heterocycles. The maximum absolute atomic E-state index is 11.2. The molecule has 2 saturated heterocycles. The topological polar surface area (TPSA) is 61.2 Å². The Hall–Kier alpha value is -0.580. The van der Waals surface area contributed by atoms with Gasteiger partial charge in [0.1, 0.15) is 0 Å². The van der Waals surface area contributed by atoms with Gasteiger partial charge in [0.2, 0.25) is 0 Å². The number of likely N-dealkylation sites (tertiary alicyclic amines) is 1. The second-order valence-corrected chi connectivity index (χ2v) is 6.41. The van der Waals surface area contributed by atoms with E-state index in [1.165, 1.54) is 0 Å². The van der Waals surface area contributed by atoms with Crippen molar-refractivity contribution in [2.24, 2.45) is 5.92 Å². The number of nitrogens with one attached hydrogen (secondary N) is 1. The molecule has 80 valence electrons. The summed E-state index contributed by atoms with van der Waals surface area (Å²) in [6, 6.07) is 0. The van der Waals surface area contributed by atoms with Crippen LogP contribution >= 0.6 is 0 Å². The molecule has 0 aromatic rings. The van der Waals surface area contributed by atoms with Gasteiger partial charge in [-0.25, -0.2) is 8.42 Å². The largest absolute Gasteiger partial charge is 0.360 e. The third-order valence-corrected chi connectivity index (χ3v) is 4.83. The van der Waals surface area contributed by atoms with E-state index >= 15 is 0 Å². The maximum atomic E-state index is 11.2. The molecule has 1 N–H and O–H groups in total. The van der Waals surface area contributed by atoms with Crippen molar-refractivity contribution in [1.82, 2.24) is 4.90 Å². The maximum Gasteiger partial charge on any atom is 0.151 e. The lowest BCUT2D eigenvalue weighted by atomic mass is 10.1. The quantitative estimate of drug-likeness (QED) is 0.512. The minimum atomic E-state index is -2.84. The molecule has 0 saturated carbocycles. The van der Waals surface area contributed by atoms with E-state index in [-0.39, 0.29) is 17.4 Å². The first-order chi connectivity index (χ1) is 6.58. The van der Waals surface area contributed by atoms with Gasteiger partial charge in [-0.3, -0.25) is 5.41 Å². The van der Waals surface area contributed by atoms with E-state index in [4.69, 9.17) is 5.41 Å². The van der Waals surface area contributed by atoms with Crippen LogP contribution < -0.4 is 0 Å². The Morgan fingerprint density at radius 1 is 1.29 bits per heavy atom. The van der Waals surface area contributed by atoms with Gasteiger partial charge in [-0.2, -0.15) is 0 Å². The first kappa shape index (κ1) is 9.96. The van der Waals surface area contributed by atoms with Gasteiger partial charge in [0.25, 0.3) is 0 Å². The molecule has 4 nitrogen and oxygen atoms in total. The third kappa shape index (κ3) is 1.92. The van der Waals surface area contributed by atoms with Crippen molar-refractivity contribution in [1.29, 1.82) is 5.41 Å². The van der Waals surface area contributed by atoms with Crippen molar-refractivity contribution in [3.05, 3.63) is 0 Å². The van der Waals surface area contributed by atoms with E-state index in [1.54, 1.807) is 0 Å². The van der Waals surface area contributed by atoms with Crippen LogP contribution in [-0.2, 0) is 9.84 Å². The van der Waals surface area contributed by atoms with Crippen LogP contribution in [-0.4, -0.2) is 43.7 Å². The van der Waals surface area contributed by atoms with Crippen LogP contribution in [0.3, 0.4) is 0 Å². The first-order valence-electron chi connectivity index (χ1n) is 5.12. The van der Waals surface area contributed by atoms with Gasteiger partial charge in [0, 0.05) is 19.0 Å². The normalized spacial score (nSPS) is 30.9. The summed E-state index contributed by atoms with van der Waals surface area (Å²) in [6.45, 7) is 1.88. The predicted molar refractivity (Wildman–Crippen MR) is 55.3 cm³/mol. The van der Waals surface area contributed by atoms with Crippen molar-refractivity contribution >= 4 is 15.7 Å². The first-order valence-corrected chi connectivity index (χ1v) is 6.94. The molecule has 0 bridgehead atoms. The fraction of sp³-hybridized carbons (Fsp3) is 0.889. The van der Waals surface area contributed by atoms with E-state index in [0.717, 1.165) is 25.9 Å². The summed E-state index contributed by atoms with van der Waals surface area (Å²) in [5, 5.41) is 7.92. The molecule has 2 fully saturated rings. The molecule has 2 heterocycles. The van der Waals surface area contributed by atoms with Crippen LogP contribution in [0.5, 0.6) is 0 Å². The van der Waals surface area contributed by atoms with Gasteiger partial charge in [0.05, 0.1) is 17.3 Å². The highest BCUT2D eigenvalue weighted by atomic mass is 32.2. The van der Waals surface area contributed by atoms with Crippen molar-refractivity contribution in [2.45, 2.75) is 19.3 Å². The van der Waals surface area contributed by atoms with E-state index < -0.39 is 9.84 Å². The Morgan fingerprint density at radius 2 is 1.93 bits per heavy atom. The number of hydrogen-bond donors (Lipinski definition) is 1. The second-order valence-electron chi connectivity index (χ2n) is 4.18. The van der Waals surface area contributed by atoms with Crippen LogP contribution in [0.4, 0.5) is 0 Å². The van der Waals surface area contributed by atoms with Crippen molar-refractivity contribution in [3.63, 3.8) is 0 Å². The second kappa shape index (κ2) is 3.53. The summed E-state index contributed by atoms with van der Waals surface area (Å²) in [5.41, 5.74) is 0. The van der Waals surface area contributed by atoms with E-state index in [2.05, 4.69) is 0 Å². The lowest BCUT2D eigenvalue weighted by Crippen LogP contribution is -2.33. The molecule has 1 atom stereocenters. The monoisotopic (exact) mass is 216 g/mol. The lowest BCUT2D eigenvalue weighted by Gasteiger charge is -2.22. The minimum Gasteiger partial charge on any atom is -0.360 e. The van der Waals surface area contributed by atoms with Gasteiger partial charge in [-0.1, -0.05) is 0 Å². The molecule has 0 aromatic heterocycles. The molecule has 5 heteroatoms. The van der Waals surface area contributed by atoms with Crippen molar-refractivity contribution in [3.8, 4) is 0 Å². The van der Waals surface area contributed by atoms with Crippen LogP contribution in [0.25, 0.3) is 0 Å². The molecule has 14 heavy (non-hydrogen) atoms. The van der Waals surface area contributed by atoms with E-state index in [0.29, 0.717) is 12.3 Å². The molecular formula is C9H16N2O2S. The Labute approximate surface area is 84.7 Å². The van der Waals surface area contributed by atoms with E-state index in [1.807, 2.05) is 4.90 Å². The predicted octanol–water partition coefficient (Wildman–Crippen LogP) is 0.494. The molecule has 2 rings (SSSR count). The Morgan fingerprint density at radius 3 is 2.43 bits per heavy atom. The number of sulfone groups is 1. The third-order valence-electron chi connectivity index (χ3n) is 3.07. The number of hydrogen-bond acceptors (Lipinski definition) is 3. The fourth-order valence-electron chi connectivity index (χ4n) is 2.23. The Kier molecular flexibility index (Phi) is 2.51. The van der Waals surface area contributed by atoms with Crippen LogP contribution in [0, 0.1) is 11.3 Å². The van der Waals surface area contributed by atoms with Gasteiger partial charge in [-0.05, 0) is 19.3 Å². The molecular weight excluding hydrogens is 200 g/mol. The van der Waals surface area contributed by atoms with Gasteiger partial charge in [-0.15, -0.1) is 0 Å². The summed E-state index contributed by atoms with van der Waals surface area (Å²) in [6.07, 6.45) is 2.93. The summed E-state index contributed by atoms with van der Waals surface area (Å²) in [7, 11) is -2.84. The highest BCUT2D eigenvalue weighted by Crippen LogP contribution is 2.22. The van der Waals surface area contributed by atoms with Gasteiger partial charge >= 0.3 is 0 Å². The Balaban J connectivity index is 1.99. The molecule has 0 radical (unpaired) electrons. The molecule has 0 amide bonds. The molecule has 0 aromatic carbocycles. The SMILES string of the molecule is N=C(C1CCS(=O)(=O)C1)N1CCCC1.